The molecule has 2 aromatic rings. The zero-order valence-corrected chi connectivity index (χ0v) is 9.53. The quantitative estimate of drug-likeness (QED) is 0.878. The minimum atomic E-state index is -0.340. The van der Waals surface area contributed by atoms with Crippen LogP contribution in [-0.4, -0.2) is 17.3 Å². The zero-order chi connectivity index (χ0) is 12.4. The summed E-state index contributed by atoms with van der Waals surface area (Å²) in [7, 11) is 1.47. The highest BCUT2D eigenvalue weighted by molar-refractivity contribution is 5.66. The van der Waals surface area contributed by atoms with E-state index in [1.54, 1.807) is 13.0 Å². The van der Waals surface area contributed by atoms with Crippen molar-refractivity contribution in [2.45, 2.75) is 13.5 Å². The first kappa shape index (κ1) is 11.5. The lowest BCUT2D eigenvalue weighted by Crippen LogP contribution is -1.97. The van der Waals surface area contributed by atoms with Crippen molar-refractivity contribution in [3.05, 3.63) is 29.4 Å². The largest absolute Gasteiger partial charge is 0.496 e. The monoisotopic (exact) mass is 237 g/mol. The summed E-state index contributed by atoms with van der Waals surface area (Å²) in [5.74, 6) is 0.719. The Morgan fingerprint density at radius 1 is 1.47 bits per heavy atom. The fourth-order valence-electron chi connectivity index (χ4n) is 1.55. The first-order valence-corrected chi connectivity index (χ1v) is 5.03. The summed E-state index contributed by atoms with van der Waals surface area (Å²) in [5.41, 5.74) is 6.36. The van der Waals surface area contributed by atoms with Gasteiger partial charge >= 0.3 is 0 Å². The molecule has 17 heavy (non-hydrogen) atoms. The minimum absolute atomic E-state index is 0.162. The third-order valence-corrected chi connectivity index (χ3v) is 2.43. The SMILES string of the molecule is COc1c(-c2noc(CN)n2)ccc(F)c1C. The normalized spacial score (nSPS) is 10.6. The van der Waals surface area contributed by atoms with E-state index in [0.717, 1.165) is 0 Å². The Morgan fingerprint density at radius 2 is 2.24 bits per heavy atom. The molecule has 0 spiro atoms. The van der Waals surface area contributed by atoms with Crippen LogP contribution >= 0.6 is 0 Å². The van der Waals surface area contributed by atoms with Gasteiger partial charge in [0.05, 0.1) is 19.2 Å². The summed E-state index contributed by atoms with van der Waals surface area (Å²) < 4.78 is 23.4. The van der Waals surface area contributed by atoms with Crippen molar-refractivity contribution in [2.24, 2.45) is 5.73 Å². The van der Waals surface area contributed by atoms with Gasteiger partial charge in [-0.2, -0.15) is 4.98 Å². The molecule has 0 saturated heterocycles. The number of halogens is 1. The Bertz CT molecular complexity index is 540. The van der Waals surface area contributed by atoms with E-state index < -0.39 is 0 Å². The number of hydrogen-bond acceptors (Lipinski definition) is 5. The highest BCUT2D eigenvalue weighted by atomic mass is 19.1. The third-order valence-electron chi connectivity index (χ3n) is 2.43. The molecule has 0 radical (unpaired) electrons. The van der Waals surface area contributed by atoms with Gasteiger partial charge in [0, 0.05) is 5.56 Å². The lowest BCUT2D eigenvalue weighted by molar-refractivity contribution is 0.379. The Morgan fingerprint density at radius 3 is 2.82 bits per heavy atom. The average Bonchev–Trinajstić information content (AvgIpc) is 2.81. The van der Waals surface area contributed by atoms with Crippen molar-refractivity contribution >= 4 is 0 Å². The smallest absolute Gasteiger partial charge is 0.240 e. The number of rotatable bonds is 3. The van der Waals surface area contributed by atoms with Crippen LogP contribution in [0.4, 0.5) is 4.39 Å². The first-order chi connectivity index (χ1) is 8.17. The third kappa shape index (κ3) is 1.99. The van der Waals surface area contributed by atoms with Gasteiger partial charge in [-0.3, -0.25) is 0 Å². The maximum absolute atomic E-state index is 13.4. The van der Waals surface area contributed by atoms with Crippen LogP contribution in [0.2, 0.25) is 0 Å². The highest BCUT2D eigenvalue weighted by Crippen LogP contribution is 2.32. The topological polar surface area (TPSA) is 74.2 Å². The van der Waals surface area contributed by atoms with Crippen molar-refractivity contribution in [3.8, 4) is 17.1 Å². The number of benzene rings is 1. The lowest BCUT2D eigenvalue weighted by atomic mass is 10.1. The predicted octanol–water partition coefficient (Wildman–Crippen LogP) is 1.65. The summed E-state index contributed by atoms with van der Waals surface area (Å²) in [5, 5.41) is 3.77. The molecule has 1 aromatic heterocycles. The van der Waals surface area contributed by atoms with Crippen LogP contribution in [0.25, 0.3) is 11.4 Å². The van der Waals surface area contributed by atoms with Crippen LogP contribution in [-0.2, 0) is 6.54 Å². The van der Waals surface area contributed by atoms with Crippen LogP contribution in [0.1, 0.15) is 11.5 Å². The molecule has 2 rings (SSSR count). The van der Waals surface area contributed by atoms with Gasteiger partial charge < -0.3 is 15.0 Å². The molecular weight excluding hydrogens is 225 g/mol. The first-order valence-electron chi connectivity index (χ1n) is 5.03. The molecule has 0 fully saturated rings. The van der Waals surface area contributed by atoms with E-state index in [-0.39, 0.29) is 12.4 Å². The molecule has 1 heterocycles. The number of ether oxygens (including phenoxy) is 1. The van der Waals surface area contributed by atoms with Crippen LogP contribution in [0.3, 0.4) is 0 Å². The number of nitrogens with two attached hydrogens (primary N) is 1. The minimum Gasteiger partial charge on any atom is -0.496 e. The fourth-order valence-corrected chi connectivity index (χ4v) is 1.55. The van der Waals surface area contributed by atoms with E-state index in [2.05, 4.69) is 10.1 Å². The predicted molar refractivity (Wildman–Crippen MR) is 58.9 cm³/mol. The van der Waals surface area contributed by atoms with Crippen LogP contribution in [0, 0.1) is 12.7 Å². The van der Waals surface area contributed by atoms with Crippen molar-refractivity contribution in [1.82, 2.24) is 10.1 Å². The molecule has 0 aliphatic heterocycles. The zero-order valence-electron chi connectivity index (χ0n) is 9.53. The van der Waals surface area contributed by atoms with Gasteiger partial charge in [0.1, 0.15) is 11.6 Å². The van der Waals surface area contributed by atoms with E-state index in [1.165, 1.54) is 13.2 Å². The van der Waals surface area contributed by atoms with Crippen molar-refractivity contribution < 1.29 is 13.7 Å². The van der Waals surface area contributed by atoms with Gasteiger partial charge in [-0.15, -0.1) is 0 Å². The Hall–Kier alpha value is -1.95. The standard InChI is InChI=1S/C11H12FN3O2/c1-6-8(12)4-3-7(10(6)16-2)11-14-9(5-13)17-15-11/h3-4H,5,13H2,1-2H3. The molecule has 0 bridgehead atoms. The average molecular weight is 237 g/mol. The molecule has 6 heteroatoms. The van der Waals surface area contributed by atoms with E-state index in [0.29, 0.717) is 28.6 Å². The van der Waals surface area contributed by atoms with Gasteiger partial charge in [-0.25, -0.2) is 4.39 Å². The summed E-state index contributed by atoms with van der Waals surface area (Å²) in [6.45, 7) is 1.79. The molecule has 0 aliphatic rings. The van der Waals surface area contributed by atoms with Gasteiger partial charge in [-0.1, -0.05) is 5.16 Å². The summed E-state index contributed by atoms with van der Waals surface area (Å²) in [6.07, 6.45) is 0. The summed E-state index contributed by atoms with van der Waals surface area (Å²) >= 11 is 0. The molecule has 0 unspecified atom stereocenters. The molecule has 2 N–H and O–H groups in total. The van der Waals surface area contributed by atoms with Gasteiger partial charge in [0.15, 0.2) is 0 Å². The van der Waals surface area contributed by atoms with E-state index in [9.17, 15) is 4.39 Å². The molecule has 1 aromatic carbocycles. The molecule has 90 valence electrons. The number of nitrogens with zero attached hydrogens (tertiary/aromatic N) is 2. The molecule has 0 amide bonds. The van der Waals surface area contributed by atoms with Gasteiger partial charge in [0.25, 0.3) is 0 Å². The highest BCUT2D eigenvalue weighted by Gasteiger charge is 2.16. The van der Waals surface area contributed by atoms with Gasteiger partial charge in [-0.05, 0) is 19.1 Å². The maximum atomic E-state index is 13.4. The van der Waals surface area contributed by atoms with Crippen LogP contribution in [0.5, 0.6) is 5.75 Å². The second-order valence-electron chi connectivity index (χ2n) is 3.47. The molecule has 0 aliphatic carbocycles. The van der Waals surface area contributed by atoms with Crippen LogP contribution < -0.4 is 10.5 Å². The Labute approximate surface area is 97.4 Å². The van der Waals surface area contributed by atoms with E-state index >= 15 is 0 Å². The van der Waals surface area contributed by atoms with Crippen molar-refractivity contribution in [1.29, 1.82) is 0 Å². The second kappa shape index (κ2) is 4.50. The molecular formula is C11H12FN3O2. The summed E-state index contributed by atoms with van der Waals surface area (Å²) in [6, 6.07) is 2.89. The van der Waals surface area contributed by atoms with Crippen molar-refractivity contribution in [3.63, 3.8) is 0 Å². The van der Waals surface area contributed by atoms with Crippen LogP contribution in [0.15, 0.2) is 16.7 Å². The number of hydrogen-bond donors (Lipinski definition) is 1. The molecule has 0 saturated carbocycles. The Balaban J connectivity index is 2.55. The summed E-state index contributed by atoms with van der Waals surface area (Å²) in [4.78, 5) is 4.07. The van der Waals surface area contributed by atoms with E-state index in [1.807, 2.05) is 0 Å². The number of methoxy groups -OCH3 is 1. The second-order valence-corrected chi connectivity index (χ2v) is 3.47. The maximum Gasteiger partial charge on any atom is 0.240 e. The van der Waals surface area contributed by atoms with Gasteiger partial charge in [0.2, 0.25) is 11.7 Å². The van der Waals surface area contributed by atoms with Crippen molar-refractivity contribution in [2.75, 3.05) is 7.11 Å². The lowest BCUT2D eigenvalue weighted by Gasteiger charge is -2.08. The molecule has 0 atom stereocenters. The fraction of sp³-hybridized carbons (Fsp3) is 0.273. The Kier molecular flexibility index (Phi) is 3.06. The molecule has 5 nitrogen and oxygen atoms in total. The van der Waals surface area contributed by atoms with E-state index in [4.69, 9.17) is 15.0 Å². The number of aromatic nitrogens is 2.